The van der Waals surface area contributed by atoms with Gasteiger partial charge in [-0.25, -0.2) is 4.98 Å². The monoisotopic (exact) mass is 454 g/mol. The van der Waals surface area contributed by atoms with Crippen molar-refractivity contribution in [2.24, 2.45) is 0 Å². The second-order valence-electron chi connectivity index (χ2n) is 7.64. The van der Waals surface area contributed by atoms with E-state index in [0.29, 0.717) is 39.6 Å². The van der Waals surface area contributed by atoms with Crippen LogP contribution in [0.1, 0.15) is 18.4 Å². The smallest absolute Gasteiger partial charge is 0.269 e. The summed E-state index contributed by atoms with van der Waals surface area (Å²) in [7, 11) is 0. The topological polar surface area (TPSA) is 140 Å². The summed E-state index contributed by atoms with van der Waals surface area (Å²) in [6.45, 7) is 1.74. The second kappa shape index (κ2) is 8.58. The first-order valence-corrected chi connectivity index (χ1v) is 10.4. The number of hydrogen-bond acceptors (Lipinski definition) is 7. The molecule has 0 aliphatic carbocycles. The molecule has 0 aliphatic rings. The molecule has 10 heteroatoms. The Morgan fingerprint density at radius 1 is 1.15 bits per heavy atom. The van der Waals surface area contributed by atoms with Gasteiger partial charge in [0.15, 0.2) is 11.2 Å². The van der Waals surface area contributed by atoms with Gasteiger partial charge in [-0.1, -0.05) is 24.3 Å². The molecular formula is C24H18N6O4. The lowest BCUT2D eigenvalue weighted by Crippen LogP contribution is -2.18. The number of rotatable bonds is 6. The first kappa shape index (κ1) is 21.0. The van der Waals surface area contributed by atoms with E-state index in [2.05, 4.69) is 25.5 Å². The lowest BCUT2D eigenvalue weighted by atomic mass is 10.00. The number of nitrogens with zero attached hydrogens (tertiary/aromatic N) is 4. The molecule has 168 valence electrons. The van der Waals surface area contributed by atoms with Gasteiger partial charge in [0.05, 0.1) is 28.3 Å². The van der Waals surface area contributed by atoms with E-state index in [1.165, 1.54) is 12.1 Å². The maximum absolute atomic E-state index is 12.8. The molecule has 2 N–H and O–H groups in total. The van der Waals surface area contributed by atoms with Gasteiger partial charge in [-0.05, 0) is 36.8 Å². The van der Waals surface area contributed by atoms with Crippen molar-refractivity contribution in [3.8, 4) is 22.7 Å². The Hall–Kier alpha value is -4.86. The van der Waals surface area contributed by atoms with E-state index in [9.17, 15) is 14.9 Å². The van der Waals surface area contributed by atoms with Crippen molar-refractivity contribution in [2.75, 3.05) is 5.32 Å². The number of benzene rings is 2. The minimum Gasteiger partial charge on any atom is -0.434 e. The minimum atomic E-state index is -0.501. The number of amides is 1. The number of hydrogen-bond donors (Lipinski definition) is 2. The normalized spacial score (nSPS) is 11.9. The zero-order valence-corrected chi connectivity index (χ0v) is 17.9. The number of nitro groups is 1. The molecule has 0 saturated carbocycles. The Morgan fingerprint density at radius 2 is 1.97 bits per heavy atom. The Morgan fingerprint density at radius 3 is 2.74 bits per heavy atom. The zero-order chi connectivity index (χ0) is 23.7. The van der Waals surface area contributed by atoms with Crippen LogP contribution in [-0.4, -0.2) is 31.0 Å². The number of anilines is 1. The minimum absolute atomic E-state index is 0.0193. The average Bonchev–Trinajstić information content (AvgIpc) is 3.51. The first-order valence-electron chi connectivity index (χ1n) is 10.4. The first-order chi connectivity index (χ1) is 16.5. The van der Waals surface area contributed by atoms with Gasteiger partial charge in [0.1, 0.15) is 0 Å². The van der Waals surface area contributed by atoms with E-state index in [1.807, 2.05) is 18.2 Å². The van der Waals surface area contributed by atoms with Crippen molar-refractivity contribution >= 4 is 28.5 Å². The van der Waals surface area contributed by atoms with E-state index in [-0.39, 0.29) is 11.6 Å². The van der Waals surface area contributed by atoms with Gasteiger partial charge >= 0.3 is 0 Å². The third-order valence-electron chi connectivity index (χ3n) is 5.45. The number of nitro benzene ring substituents is 1. The number of pyridine rings is 1. The summed E-state index contributed by atoms with van der Waals surface area (Å²) in [6.07, 6.45) is 3.27. The van der Waals surface area contributed by atoms with E-state index < -0.39 is 10.8 Å². The van der Waals surface area contributed by atoms with Crippen LogP contribution in [0.3, 0.4) is 0 Å². The number of H-pyrrole nitrogens is 1. The third-order valence-corrected chi connectivity index (χ3v) is 5.45. The highest BCUT2D eigenvalue weighted by molar-refractivity contribution is 5.96. The lowest BCUT2D eigenvalue weighted by Gasteiger charge is -2.13. The molecule has 10 nitrogen and oxygen atoms in total. The predicted molar refractivity (Wildman–Crippen MR) is 125 cm³/mol. The summed E-state index contributed by atoms with van der Waals surface area (Å²) in [5.74, 6) is -0.348. The molecule has 0 radical (unpaired) electrons. The zero-order valence-electron chi connectivity index (χ0n) is 17.9. The highest BCUT2D eigenvalue weighted by Crippen LogP contribution is 2.32. The van der Waals surface area contributed by atoms with Crippen LogP contribution >= 0.6 is 0 Å². The molecule has 2 aromatic carbocycles. The van der Waals surface area contributed by atoms with Crippen LogP contribution in [0.5, 0.6) is 0 Å². The van der Waals surface area contributed by atoms with Crippen molar-refractivity contribution in [1.29, 1.82) is 0 Å². The predicted octanol–water partition coefficient (Wildman–Crippen LogP) is 4.93. The number of aromatic nitrogens is 4. The summed E-state index contributed by atoms with van der Waals surface area (Å²) in [5.41, 5.74) is 4.47. The molecule has 1 amide bonds. The fourth-order valence-corrected chi connectivity index (χ4v) is 3.59. The molecule has 5 aromatic rings. The van der Waals surface area contributed by atoms with Crippen LogP contribution in [0, 0.1) is 10.1 Å². The average molecular weight is 454 g/mol. The van der Waals surface area contributed by atoms with Crippen LogP contribution < -0.4 is 5.32 Å². The maximum atomic E-state index is 12.8. The van der Waals surface area contributed by atoms with Crippen molar-refractivity contribution < 1.29 is 14.1 Å². The number of carbonyl (C=O) groups excluding carboxylic acids is 1. The standard InChI is InChI=1S/C24H18N6O4/c1-14(15-7-9-18(10-8-15)30(32)33)23(31)27-17-5-2-4-16(12-17)21-19(13-26-29-21)24-28-22-20(34-24)6-3-11-25-22/h2-14H,1H3,(H,26,29)(H,27,31). The third kappa shape index (κ3) is 3.99. The van der Waals surface area contributed by atoms with Crippen LogP contribution in [0.25, 0.3) is 33.9 Å². The quantitative estimate of drug-likeness (QED) is 0.274. The largest absolute Gasteiger partial charge is 0.434 e. The second-order valence-corrected chi connectivity index (χ2v) is 7.64. The van der Waals surface area contributed by atoms with Gasteiger partial charge in [0, 0.05) is 29.6 Å². The van der Waals surface area contributed by atoms with E-state index in [0.717, 1.165) is 5.56 Å². The van der Waals surface area contributed by atoms with E-state index in [1.54, 1.807) is 49.6 Å². The Kier molecular flexibility index (Phi) is 5.30. The van der Waals surface area contributed by atoms with Crippen molar-refractivity contribution in [3.63, 3.8) is 0 Å². The summed E-state index contributed by atoms with van der Waals surface area (Å²) in [4.78, 5) is 31.8. The van der Waals surface area contributed by atoms with Gasteiger partial charge in [0.25, 0.3) is 5.69 Å². The van der Waals surface area contributed by atoms with Gasteiger partial charge in [-0.15, -0.1) is 0 Å². The Balaban J connectivity index is 1.38. The molecule has 0 saturated heterocycles. The van der Waals surface area contributed by atoms with Gasteiger partial charge < -0.3 is 9.73 Å². The molecule has 0 spiro atoms. The number of non-ortho nitro benzene ring substituents is 1. The van der Waals surface area contributed by atoms with Crippen molar-refractivity contribution in [1.82, 2.24) is 20.2 Å². The van der Waals surface area contributed by atoms with E-state index >= 15 is 0 Å². The molecule has 0 aliphatic heterocycles. The molecule has 1 unspecified atom stereocenters. The molecular weight excluding hydrogens is 436 g/mol. The highest BCUT2D eigenvalue weighted by atomic mass is 16.6. The Labute approximate surface area is 192 Å². The fourth-order valence-electron chi connectivity index (χ4n) is 3.59. The Bertz CT molecular complexity index is 1470. The van der Waals surface area contributed by atoms with Crippen LogP contribution in [0.15, 0.2) is 77.5 Å². The fraction of sp³-hybridized carbons (Fsp3) is 0.0833. The van der Waals surface area contributed by atoms with Crippen LogP contribution in [0.2, 0.25) is 0 Å². The highest BCUT2D eigenvalue weighted by Gasteiger charge is 2.19. The van der Waals surface area contributed by atoms with Crippen molar-refractivity contribution in [3.05, 3.63) is 88.7 Å². The number of aromatic amines is 1. The van der Waals surface area contributed by atoms with Crippen molar-refractivity contribution in [2.45, 2.75) is 12.8 Å². The molecule has 3 heterocycles. The number of oxazole rings is 1. The number of carbonyl (C=O) groups is 1. The summed E-state index contributed by atoms with van der Waals surface area (Å²) in [5, 5.41) is 20.9. The number of fused-ring (bicyclic) bond motifs is 1. The van der Waals surface area contributed by atoms with Crippen LogP contribution in [-0.2, 0) is 4.79 Å². The summed E-state index contributed by atoms with van der Waals surface area (Å²) in [6, 6.07) is 16.8. The molecule has 3 aromatic heterocycles. The van der Waals surface area contributed by atoms with E-state index in [4.69, 9.17) is 4.42 Å². The molecule has 34 heavy (non-hydrogen) atoms. The van der Waals surface area contributed by atoms with Gasteiger partial charge in [0.2, 0.25) is 11.8 Å². The van der Waals surface area contributed by atoms with Crippen LogP contribution in [0.4, 0.5) is 11.4 Å². The van der Waals surface area contributed by atoms with Gasteiger partial charge in [-0.3, -0.25) is 20.0 Å². The lowest BCUT2D eigenvalue weighted by molar-refractivity contribution is -0.384. The molecule has 5 rings (SSSR count). The molecule has 0 fully saturated rings. The van der Waals surface area contributed by atoms with Gasteiger partial charge in [-0.2, -0.15) is 10.1 Å². The number of nitrogens with one attached hydrogen (secondary N) is 2. The summed E-state index contributed by atoms with van der Waals surface area (Å²) >= 11 is 0. The SMILES string of the molecule is CC(C(=O)Nc1cccc(-c2[nH]ncc2-c2nc3ncccc3o2)c1)c1ccc([N+](=O)[O-])cc1. The molecule has 0 bridgehead atoms. The summed E-state index contributed by atoms with van der Waals surface area (Å²) < 4.78 is 5.83. The molecule has 1 atom stereocenters. The maximum Gasteiger partial charge on any atom is 0.269 e.